The van der Waals surface area contributed by atoms with E-state index in [0.717, 1.165) is 34.3 Å². The highest BCUT2D eigenvalue weighted by molar-refractivity contribution is 7.98. The molecule has 1 heterocycles. The van der Waals surface area contributed by atoms with Crippen LogP contribution in [0.2, 0.25) is 0 Å². The van der Waals surface area contributed by atoms with Crippen LogP contribution >= 0.6 is 11.8 Å². The first-order chi connectivity index (χ1) is 15.7. The second kappa shape index (κ2) is 12.8. The Labute approximate surface area is 193 Å². The number of rotatable bonds is 12. The van der Waals surface area contributed by atoms with E-state index < -0.39 is 6.04 Å². The number of carbonyl (C=O) groups is 2. The molecule has 0 radical (unpaired) electrons. The average molecular weight is 449 g/mol. The summed E-state index contributed by atoms with van der Waals surface area (Å²) in [7, 11) is 0. The lowest BCUT2D eigenvalue weighted by molar-refractivity contribution is -0.109. The van der Waals surface area contributed by atoms with E-state index in [1.165, 1.54) is 0 Å². The number of nitrogens with zero attached hydrogens (tertiary/aromatic N) is 1. The fourth-order valence-electron chi connectivity index (χ4n) is 3.25. The average Bonchev–Trinajstić information content (AvgIpc) is 2.85. The molecule has 0 saturated carbocycles. The van der Waals surface area contributed by atoms with Crippen LogP contribution in [0.5, 0.6) is 0 Å². The van der Waals surface area contributed by atoms with E-state index in [1.807, 2.05) is 73.1 Å². The quantitative estimate of drug-likeness (QED) is 0.290. The molecule has 7 heteroatoms. The Kier molecular flexibility index (Phi) is 9.43. The highest BCUT2D eigenvalue weighted by atomic mass is 32.2. The first-order valence-electron chi connectivity index (χ1n) is 10.5. The highest BCUT2D eigenvalue weighted by Crippen LogP contribution is 2.25. The summed E-state index contributed by atoms with van der Waals surface area (Å²) in [4.78, 5) is 28.3. The summed E-state index contributed by atoms with van der Waals surface area (Å²) in [5, 5.41) is 3.42. The largest absolute Gasteiger partial charge is 0.309 e. The van der Waals surface area contributed by atoms with E-state index in [-0.39, 0.29) is 5.91 Å². The molecule has 0 spiro atoms. The fourth-order valence-corrected chi connectivity index (χ4v) is 3.74. The molecule has 0 fully saturated rings. The van der Waals surface area contributed by atoms with Gasteiger partial charge in [0.15, 0.2) is 0 Å². The topological polar surface area (TPSA) is 83.1 Å². The van der Waals surface area contributed by atoms with E-state index in [1.54, 1.807) is 18.0 Å². The third-order valence-corrected chi connectivity index (χ3v) is 5.61. The maximum absolute atomic E-state index is 12.9. The van der Waals surface area contributed by atoms with Crippen LogP contribution in [0, 0.1) is 0 Å². The van der Waals surface area contributed by atoms with Crippen LogP contribution in [0.15, 0.2) is 73.1 Å². The molecule has 32 heavy (non-hydrogen) atoms. The monoisotopic (exact) mass is 448 g/mol. The normalized spacial score (nSPS) is 11.7. The van der Waals surface area contributed by atoms with E-state index in [9.17, 15) is 9.59 Å². The summed E-state index contributed by atoms with van der Waals surface area (Å²) in [6.45, 7) is 1.38. The number of aldehydes is 1. The number of benzene rings is 2. The molecule has 0 saturated heterocycles. The number of thioether (sulfide) groups is 1. The molecule has 166 valence electrons. The van der Waals surface area contributed by atoms with Gasteiger partial charge in [0, 0.05) is 31.0 Å². The lowest BCUT2D eigenvalue weighted by Crippen LogP contribution is -2.45. The predicted molar refractivity (Wildman–Crippen MR) is 130 cm³/mol. The number of pyridine rings is 1. The number of carbonyl (C=O) groups excluding carboxylic acids is 2. The van der Waals surface area contributed by atoms with Crippen LogP contribution in [-0.2, 0) is 17.9 Å². The third-order valence-electron chi connectivity index (χ3n) is 4.96. The zero-order valence-electron chi connectivity index (χ0n) is 18.1. The van der Waals surface area contributed by atoms with E-state index >= 15 is 0 Å². The Hall–Kier alpha value is -3.00. The van der Waals surface area contributed by atoms with Gasteiger partial charge < -0.3 is 10.1 Å². The second-order valence-electron chi connectivity index (χ2n) is 7.33. The Morgan fingerprint density at radius 2 is 1.88 bits per heavy atom. The zero-order valence-corrected chi connectivity index (χ0v) is 18.9. The van der Waals surface area contributed by atoms with Gasteiger partial charge in [0.2, 0.25) is 0 Å². The summed E-state index contributed by atoms with van der Waals surface area (Å²) in [6, 6.07) is 19.2. The molecular formula is C25H28N4O2S. The molecule has 3 N–H and O–H groups in total. The Morgan fingerprint density at radius 3 is 2.59 bits per heavy atom. The number of hydrogen-bond donors (Lipinski definition) is 3. The molecule has 0 bridgehead atoms. The lowest BCUT2D eigenvalue weighted by atomic mass is 9.96. The summed E-state index contributed by atoms with van der Waals surface area (Å²) in [5.74, 6) is 0.567. The van der Waals surface area contributed by atoms with Gasteiger partial charge in [-0.15, -0.1) is 0 Å². The van der Waals surface area contributed by atoms with Gasteiger partial charge >= 0.3 is 0 Å². The van der Waals surface area contributed by atoms with Crippen molar-refractivity contribution < 1.29 is 9.59 Å². The molecule has 1 amide bonds. The number of hydrogen-bond acceptors (Lipinski definition) is 6. The van der Waals surface area contributed by atoms with E-state index in [0.29, 0.717) is 25.1 Å². The van der Waals surface area contributed by atoms with Crippen molar-refractivity contribution in [3.05, 3.63) is 89.7 Å². The molecule has 0 aliphatic heterocycles. The SMILES string of the molecule is CSCCC(C=O)NNC(=O)c1ccc(CNCc2cccnc2)cc1-c1ccccc1. The predicted octanol–water partition coefficient (Wildman–Crippen LogP) is 3.59. The maximum atomic E-state index is 12.9. The van der Waals surface area contributed by atoms with Gasteiger partial charge in [-0.1, -0.05) is 42.5 Å². The van der Waals surface area contributed by atoms with Crippen molar-refractivity contribution in [3.63, 3.8) is 0 Å². The Balaban J connectivity index is 1.73. The van der Waals surface area contributed by atoms with Crippen molar-refractivity contribution in [2.75, 3.05) is 12.0 Å². The smallest absolute Gasteiger partial charge is 0.266 e. The molecule has 1 unspecified atom stereocenters. The van der Waals surface area contributed by atoms with Crippen LogP contribution in [0.4, 0.5) is 0 Å². The van der Waals surface area contributed by atoms with Crippen LogP contribution in [-0.4, -0.2) is 35.2 Å². The Morgan fingerprint density at radius 1 is 1.06 bits per heavy atom. The first-order valence-corrected chi connectivity index (χ1v) is 11.9. The van der Waals surface area contributed by atoms with Crippen LogP contribution in [0.25, 0.3) is 11.1 Å². The number of amides is 1. The van der Waals surface area contributed by atoms with Crippen LogP contribution in [0.3, 0.4) is 0 Å². The van der Waals surface area contributed by atoms with Crippen LogP contribution in [0.1, 0.15) is 27.9 Å². The summed E-state index contributed by atoms with van der Waals surface area (Å²) in [5.41, 5.74) is 10.1. The standard InChI is InChI=1S/C25H28N4O2S/c1-32-13-11-22(18-30)28-29-25(31)23-10-9-19(14-24(23)21-7-3-2-4-8-21)15-27-17-20-6-5-12-26-16-20/h2-10,12,14,16,18,22,27-28H,11,13,15,17H2,1H3,(H,29,31). The van der Waals surface area contributed by atoms with Crippen molar-refractivity contribution in [1.82, 2.24) is 21.2 Å². The van der Waals surface area contributed by atoms with Crippen molar-refractivity contribution in [2.45, 2.75) is 25.6 Å². The minimum atomic E-state index is -0.414. The third kappa shape index (κ3) is 7.02. The number of aromatic nitrogens is 1. The lowest BCUT2D eigenvalue weighted by Gasteiger charge is -2.16. The minimum absolute atomic E-state index is 0.269. The van der Waals surface area contributed by atoms with Crippen LogP contribution < -0.4 is 16.2 Å². The molecule has 1 aromatic heterocycles. The molecule has 0 aliphatic carbocycles. The molecule has 3 aromatic rings. The van der Waals surface area contributed by atoms with Gasteiger partial charge in [-0.25, -0.2) is 5.43 Å². The maximum Gasteiger partial charge on any atom is 0.266 e. The van der Waals surface area contributed by atoms with Crippen molar-refractivity contribution in [3.8, 4) is 11.1 Å². The van der Waals surface area contributed by atoms with Gasteiger partial charge in [0.1, 0.15) is 6.29 Å². The number of nitrogens with one attached hydrogen (secondary N) is 3. The second-order valence-corrected chi connectivity index (χ2v) is 8.32. The first kappa shape index (κ1) is 23.7. The zero-order chi connectivity index (χ0) is 22.6. The van der Waals surface area contributed by atoms with Gasteiger partial charge in [-0.3, -0.25) is 15.2 Å². The number of hydrazine groups is 1. The molecule has 2 aromatic carbocycles. The van der Waals surface area contributed by atoms with Gasteiger partial charge in [0.25, 0.3) is 5.91 Å². The van der Waals surface area contributed by atoms with Crippen molar-refractivity contribution >= 4 is 24.0 Å². The van der Waals surface area contributed by atoms with Crippen molar-refractivity contribution in [2.24, 2.45) is 0 Å². The summed E-state index contributed by atoms with van der Waals surface area (Å²) in [6.07, 6.45) is 7.06. The molecule has 1 atom stereocenters. The fraction of sp³-hybridized carbons (Fsp3) is 0.240. The summed E-state index contributed by atoms with van der Waals surface area (Å²) < 4.78 is 0. The molecule has 0 aliphatic rings. The summed E-state index contributed by atoms with van der Waals surface area (Å²) >= 11 is 1.66. The van der Waals surface area contributed by atoms with Gasteiger partial charge in [0.05, 0.1) is 6.04 Å². The van der Waals surface area contributed by atoms with E-state index in [2.05, 4.69) is 21.2 Å². The highest BCUT2D eigenvalue weighted by Gasteiger charge is 2.15. The molecular weight excluding hydrogens is 420 g/mol. The van der Waals surface area contributed by atoms with Crippen molar-refractivity contribution in [1.29, 1.82) is 0 Å². The van der Waals surface area contributed by atoms with Gasteiger partial charge in [-0.05, 0) is 58.9 Å². The molecule has 6 nitrogen and oxygen atoms in total. The van der Waals surface area contributed by atoms with E-state index in [4.69, 9.17) is 0 Å². The molecule has 3 rings (SSSR count). The minimum Gasteiger partial charge on any atom is -0.309 e. The van der Waals surface area contributed by atoms with Gasteiger partial charge in [-0.2, -0.15) is 11.8 Å². The Bertz CT molecular complexity index is 999.